The lowest BCUT2D eigenvalue weighted by Crippen LogP contribution is -2.34. The Morgan fingerprint density at radius 2 is 2.08 bits per heavy atom. The van der Waals surface area contributed by atoms with Gasteiger partial charge in [-0.1, -0.05) is 24.3 Å². The summed E-state index contributed by atoms with van der Waals surface area (Å²) in [5.74, 6) is 0.000700. The van der Waals surface area contributed by atoms with Crippen LogP contribution in [-0.2, 0) is 17.8 Å². The molecule has 3 rings (SSSR count). The quantitative estimate of drug-likeness (QED) is 0.732. The number of aryl methyl sites for hydroxylation is 1. The van der Waals surface area contributed by atoms with Gasteiger partial charge in [-0.15, -0.1) is 0 Å². The first kappa shape index (κ1) is 16.2. The maximum absolute atomic E-state index is 12.8. The summed E-state index contributed by atoms with van der Waals surface area (Å²) in [6, 6.07) is 11.8. The van der Waals surface area contributed by atoms with Gasteiger partial charge in [-0.25, -0.2) is 0 Å². The molecule has 0 bridgehead atoms. The van der Waals surface area contributed by atoms with Crippen molar-refractivity contribution in [2.75, 3.05) is 13.2 Å². The van der Waals surface area contributed by atoms with E-state index in [0.717, 1.165) is 27.7 Å². The van der Waals surface area contributed by atoms with E-state index in [9.17, 15) is 9.90 Å². The fourth-order valence-corrected chi connectivity index (χ4v) is 2.95. The van der Waals surface area contributed by atoms with Crippen molar-refractivity contribution in [2.45, 2.75) is 19.9 Å². The molecule has 0 atom stereocenters. The zero-order valence-corrected chi connectivity index (χ0v) is 13.7. The number of fused-ring (bicyclic) bond motifs is 1. The average molecular weight is 323 g/mol. The lowest BCUT2D eigenvalue weighted by Gasteiger charge is -2.22. The molecule has 2 N–H and O–H groups in total. The van der Waals surface area contributed by atoms with Crippen molar-refractivity contribution in [1.29, 1.82) is 0 Å². The maximum Gasteiger partial charge on any atom is 0.227 e. The highest BCUT2D eigenvalue weighted by atomic mass is 16.3. The number of benzene rings is 1. The summed E-state index contributed by atoms with van der Waals surface area (Å²) in [5, 5.41) is 10.4. The van der Waals surface area contributed by atoms with Gasteiger partial charge in [-0.3, -0.25) is 9.78 Å². The number of aliphatic hydroxyl groups is 1. The minimum atomic E-state index is -0.0567. The Hall–Kier alpha value is -2.66. The Labute approximate surface area is 141 Å². The van der Waals surface area contributed by atoms with Gasteiger partial charge in [0.25, 0.3) is 0 Å². The van der Waals surface area contributed by atoms with Crippen LogP contribution in [0.2, 0.25) is 0 Å². The number of aromatic nitrogens is 2. The van der Waals surface area contributed by atoms with Crippen LogP contribution in [-0.4, -0.2) is 39.0 Å². The second-order valence-electron chi connectivity index (χ2n) is 5.85. The lowest BCUT2D eigenvalue weighted by molar-refractivity contribution is -0.131. The molecular weight excluding hydrogens is 302 g/mol. The Balaban J connectivity index is 1.81. The van der Waals surface area contributed by atoms with E-state index in [1.165, 1.54) is 0 Å². The van der Waals surface area contributed by atoms with Crippen LogP contribution >= 0.6 is 0 Å². The van der Waals surface area contributed by atoms with Gasteiger partial charge in [0, 0.05) is 42.1 Å². The topological polar surface area (TPSA) is 69.2 Å². The molecule has 0 radical (unpaired) electrons. The highest BCUT2D eigenvalue weighted by molar-refractivity contribution is 5.90. The molecule has 0 fully saturated rings. The number of H-pyrrole nitrogens is 1. The lowest BCUT2D eigenvalue weighted by atomic mass is 10.1. The fourth-order valence-electron chi connectivity index (χ4n) is 2.95. The zero-order chi connectivity index (χ0) is 16.9. The number of aromatic amines is 1. The van der Waals surface area contributed by atoms with Gasteiger partial charge in [0.05, 0.1) is 13.0 Å². The van der Waals surface area contributed by atoms with Crippen molar-refractivity contribution in [1.82, 2.24) is 14.9 Å². The predicted octanol–water partition coefficient (Wildman–Crippen LogP) is 2.43. The van der Waals surface area contributed by atoms with Crippen LogP contribution < -0.4 is 0 Å². The van der Waals surface area contributed by atoms with Crippen molar-refractivity contribution in [3.63, 3.8) is 0 Å². The third-order valence-electron chi connectivity index (χ3n) is 4.17. The van der Waals surface area contributed by atoms with E-state index in [0.29, 0.717) is 19.5 Å². The van der Waals surface area contributed by atoms with Crippen LogP contribution in [0.25, 0.3) is 10.9 Å². The van der Waals surface area contributed by atoms with E-state index in [2.05, 4.69) is 9.97 Å². The highest BCUT2D eigenvalue weighted by Gasteiger charge is 2.18. The molecule has 5 heteroatoms. The summed E-state index contributed by atoms with van der Waals surface area (Å²) >= 11 is 0. The molecule has 24 heavy (non-hydrogen) atoms. The summed E-state index contributed by atoms with van der Waals surface area (Å²) in [4.78, 5) is 21.9. The number of carbonyl (C=O) groups excluding carboxylic acids is 1. The third-order valence-corrected chi connectivity index (χ3v) is 4.17. The van der Waals surface area contributed by atoms with Crippen LogP contribution in [0, 0.1) is 6.92 Å². The molecule has 5 nitrogen and oxygen atoms in total. The normalized spacial score (nSPS) is 10.9. The maximum atomic E-state index is 12.8. The first-order chi connectivity index (χ1) is 11.7. The molecule has 1 aromatic carbocycles. The highest BCUT2D eigenvalue weighted by Crippen LogP contribution is 2.23. The molecule has 124 valence electrons. The molecule has 0 aliphatic rings. The minimum Gasteiger partial charge on any atom is -0.395 e. The first-order valence-corrected chi connectivity index (χ1v) is 8.02. The first-order valence-electron chi connectivity index (χ1n) is 8.02. The summed E-state index contributed by atoms with van der Waals surface area (Å²) in [6.45, 7) is 2.70. The second-order valence-corrected chi connectivity index (χ2v) is 5.85. The van der Waals surface area contributed by atoms with E-state index in [4.69, 9.17) is 0 Å². The molecule has 0 saturated carbocycles. The fraction of sp³-hybridized carbons (Fsp3) is 0.263. The van der Waals surface area contributed by atoms with Crippen molar-refractivity contribution in [3.8, 4) is 0 Å². The molecule has 0 spiro atoms. The van der Waals surface area contributed by atoms with E-state index in [-0.39, 0.29) is 12.5 Å². The summed E-state index contributed by atoms with van der Waals surface area (Å²) in [5.41, 5.74) is 4.02. The number of hydrogen-bond acceptors (Lipinski definition) is 3. The Kier molecular flexibility index (Phi) is 4.91. The number of aliphatic hydroxyl groups excluding tert-OH is 1. The van der Waals surface area contributed by atoms with Gasteiger partial charge in [-0.05, 0) is 30.2 Å². The predicted molar refractivity (Wildman–Crippen MR) is 93.5 cm³/mol. The monoisotopic (exact) mass is 323 g/mol. The van der Waals surface area contributed by atoms with Gasteiger partial charge in [0.2, 0.25) is 5.91 Å². The van der Waals surface area contributed by atoms with Gasteiger partial charge in [-0.2, -0.15) is 0 Å². The van der Waals surface area contributed by atoms with Gasteiger partial charge in [0.1, 0.15) is 0 Å². The van der Waals surface area contributed by atoms with Gasteiger partial charge in [0.15, 0.2) is 0 Å². The smallest absolute Gasteiger partial charge is 0.227 e. The van der Waals surface area contributed by atoms with Crippen LogP contribution in [0.4, 0.5) is 0 Å². The van der Waals surface area contributed by atoms with Crippen LogP contribution in [0.15, 0.2) is 48.8 Å². The SMILES string of the molecule is Cc1[nH]c2ccccc2c1CC(=O)N(CCO)Cc1cccnc1. The number of hydrogen-bond donors (Lipinski definition) is 2. The number of nitrogens with zero attached hydrogens (tertiary/aromatic N) is 2. The van der Waals surface area contributed by atoms with Crippen LogP contribution in [0.5, 0.6) is 0 Å². The van der Waals surface area contributed by atoms with Crippen LogP contribution in [0.1, 0.15) is 16.8 Å². The third kappa shape index (κ3) is 3.46. The van der Waals surface area contributed by atoms with Crippen molar-refractivity contribution in [3.05, 3.63) is 65.6 Å². The largest absolute Gasteiger partial charge is 0.395 e. The molecule has 2 heterocycles. The summed E-state index contributed by atoms with van der Waals surface area (Å²) < 4.78 is 0. The summed E-state index contributed by atoms with van der Waals surface area (Å²) in [6.07, 6.45) is 3.77. The number of para-hydroxylation sites is 1. The van der Waals surface area contributed by atoms with E-state index in [1.54, 1.807) is 17.3 Å². The number of carbonyl (C=O) groups is 1. The molecular formula is C19H21N3O2. The van der Waals surface area contributed by atoms with Crippen LogP contribution in [0.3, 0.4) is 0 Å². The average Bonchev–Trinajstić information content (AvgIpc) is 2.91. The number of pyridine rings is 1. The number of nitrogens with one attached hydrogen (secondary N) is 1. The van der Waals surface area contributed by atoms with Crippen molar-refractivity contribution in [2.24, 2.45) is 0 Å². The molecule has 0 aliphatic carbocycles. The van der Waals surface area contributed by atoms with Gasteiger partial charge >= 0.3 is 0 Å². The minimum absolute atomic E-state index is 0.000700. The number of rotatable bonds is 6. The molecule has 0 unspecified atom stereocenters. The van der Waals surface area contributed by atoms with E-state index >= 15 is 0 Å². The zero-order valence-electron chi connectivity index (χ0n) is 13.7. The molecule has 0 saturated heterocycles. The molecule has 1 amide bonds. The Bertz CT molecular complexity index is 827. The molecule has 0 aliphatic heterocycles. The molecule has 3 aromatic rings. The van der Waals surface area contributed by atoms with E-state index in [1.807, 2.05) is 43.3 Å². The van der Waals surface area contributed by atoms with Crippen molar-refractivity contribution >= 4 is 16.8 Å². The molecule has 2 aromatic heterocycles. The standard InChI is InChI=1S/C19H21N3O2/c1-14-17(16-6-2-3-7-18(16)21-14)11-19(24)22(9-10-23)13-15-5-4-8-20-12-15/h2-8,12,21,23H,9-11,13H2,1H3. The summed E-state index contributed by atoms with van der Waals surface area (Å²) in [7, 11) is 0. The second kappa shape index (κ2) is 7.27. The Morgan fingerprint density at radius 3 is 2.83 bits per heavy atom. The van der Waals surface area contributed by atoms with Gasteiger partial charge < -0.3 is 15.0 Å². The van der Waals surface area contributed by atoms with Crippen molar-refractivity contribution < 1.29 is 9.90 Å². The van der Waals surface area contributed by atoms with E-state index < -0.39 is 0 Å². The number of amides is 1. The Morgan fingerprint density at radius 1 is 1.25 bits per heavy atom.